The Bertz CT molecular complexity index is 612. The molecular weight excluding hydrogens is 354 g/mol. The van der Waals surface area contributed by atoms with Crippen molar-refractivity contribution < 1.29 is 9.53 Å². The molecule has 0 aromatic heterocycles. The minimum absolute atomic E-state index is 0.00271. The number of nitrogens with one attached hydrogen (secondary N) is 2. The molecule has 156 valence electrons. The maximum Gasteiger partial charge on any atom is 0.234 e. The molecule has 0 aliphatic carbocycles. The second-order valence-electron chi connectivity index (χ2n) is 7.42. The molecule has 0 radical (unpaired) electrons. The fourth-order valence-electron chi connectivity index (χ4n) is 3.10. The van der Waals surface area contributed by atoms with Crippen LogP contribution in [0.1, 0.15) is 27.7 Å². The van der Waals surface area contributed by atoms with E-state index in [4.69, 9.17) is 9.73 Å². The van der Waals surface area contributed by atoms with Gasteiger partial charge in [0, 0.05) is 38.8 Å². The van der Waals surface area contributed by atoms with Gasteiger partial charge in [-0.2, -0.15) is 0 Å². The average molecular weight is 390 g/mol. The number of para-hydroxylation sites is 1. The lowest BCUT2D eigenvalue weighted by Crippen LogP contribution is -2.54. The molecule has 1 unspecified atom stereocenters. The quantitative estimate of drug-likeness (QED) is 0.522. The molecule has 1 heterocycles. The molecular formula is C21H35N5O2. The van der Waals surface area contributed by atoms with Crippen LogP contribution in [-0.2, 0) is 4.79 Å². The molecule has 0 saturated carbocycles. The Morgan fingerprint density at radius 2 is 1.82 bits per heavy atom. The summed E-state index contributed by atoms with van der Waals surface area (Å²) in [6, 6.07) is 10.0. The minimum Gasteiger partial charge on any atom is -0.489 e. The number of carbonyl (C=O) groups is 1. The van der Waals surface area contributed by atoms with Gasteiger partial charge < -0.3 is 20.3 Å². The van der Waals surface area contributed by atoms with E-state index in [9.17, 15) is 4.79 Å². The van der Waals surface area contributed by atoms with Crippen LogP contribution in [0.4, 0.5) is 0 Å². The van der Waals surface area contributed by atoms with Crippen LogP contribution in [0.25, 0.3) is 0 Å². The first-order chi connectivity index (χ1) is 13.5. The molecule has 1 amide bonds. The van der Waals surface area contributed by atoms with E-state index in [0.29, 0.717) is 13.1 Å². The molecule has 0 spiro atoms. The van der Waals surface area contributed by atoms with E-state index in [0.717, 1.165) is 44.4 Å². The van der Waals surface area contributed by atoms with Gasteiger partial charge in [-0.05, 0) is 39.8 Å². The van der Waals surface area contributed by atoms with Crippen molar-refractivity contribution in [2.45, 2.75) is 39.8 Å². The maximum atomic E-state index is 12.0. The van der Waals surface area contributed by atoms with Crippen molar-refractivity contribution in [1.82, 2.24) is 20.4 Å². The first kappa shape index (κ1) is 22.0. The van der Waals surface area contributed by atoms with Crippen LogP contribution in [0, 0.1) is 0 Å². The normalized spacial score (nSPS) is 16.8. The third-order valence-corrected chi connectivity index (χ3v) is 4.40. The molecule has 1 aromatic rings. The van der Waals surface area contributed by atoms with Crippen molar-refractivity contribution >= 4 is 11.9 Å². The minimum atomic E-state index is -0.00271. The summed E-state index contributed by atoms with van der Waals surface area (Å²) < 4.78 is 5.92. The largest absolute Gasteiger partial charge is 0.489 e. The van der Waals surface area contributed by atoms with Crippen LogP contribution in [0.2, 0.25) is 0 Å². The van der Waals surface area contributed by atoms with Gasteiger partial charge >= 0.3 is 0 Å². The first-order valence-corrected chi connectivity index (χ1v) is 10.2. The van der Waals surface area contributed by atoms with Crippen molar-refractivity contribution in [2.75, 3.05) is 45.8 Å². The fourth-order valence-corrected chi connectivity index (χ4v) is 3.10. The van der Waals surface area contributed by atoms with Crippen LogP contribution in [-0.4, -0.2) is 79.6 Å². The predicted molar refractivity (Wildman–Crippen MR) is 114 cm³/mol. The summed E-state index contributed by atoms with van der Waals surface area (Å²) in [5, 5.41) is 6.33. The lowest BCUT2D eigenvalue weighted by molar-refractivity contribution is -0.123. The average Bonchev–Trinajstić information content (AvgIpc) is 2.66. The zero-order valence-corrected chi connectivity index (χ0v) is 17.6. The summed E-state index contributed by atoms with van der Waals surface area (Å²) in [5.41, 5.74) is 0. The fraction of sp³-hybridized carbons (Fsp3) is 0.619. The van der Waals surface area contributed by atoms with Gasteiger partial charge in [0.05, 0.1) is 13.1 Å². The molecule has 7 heteroatoms. The Labute approximate surface area is 169 Å². The molecule has 0 bridgehead atoms. The van der Waals surface area contributed by atoms with Gasteiger partial charge in [0.25, 0.3) is 0 Å². The van der Waals surface area contributed by atoms with Crippen molar-refractivity contribution in [2.24, 2.45) is 4.99 Å². The van der Waals surface area contributed by atoms with Crippen molar-refractivity contribution in [3.63, 3.8) is 0 Å². The number of aliphatic imine (C=N–C) groups is 1. The second-order valence-corrected chi connectivity index (χ2v) is 7.42. The molecule has 28 heavy (non-hydrogen) atoms. The summed E-state index contributed by atoms with van der Waals surface area (Å²) in [5.74, 6) is 1.87. The Morgan fingerprint density at radius 3 is 2.43 bits per heavy atom. The molecule has 1 fully saturated rings. The lowest BCUT2D eigenvalue weighted by atomic mass is 10.3. The molecule has 2 rings (SSSR count). The number of guanidine groups is 1. The lowest BCUT2D eigenvalue weighted by Gasteiger charge is -2.36. The van der Waals surface area contributed by atoms with Gasteiger partial charge in [0.15, 0.2) is 5.96 Å². The van der Waals surface area contributed by atoms with E-state index in [1.54, 1.807) is 0 Å². The number of hydrogen-bond acceptors (Lipinski definition) is 4. The Morgan fingerprint density at radius 1 is 1.14 bits per heavy atom. The highest BCUT2D eigenvalue weighted by atomic mass is 16.5. The summed E-state index contributed by atoms with van der Waals surface area (Å²) in [4.78, 5) is 21.2. The van der Waals surface area contributed by atoms with Gasteiger partial charge in [-0.1, -0.05) is 18.2 Å². The Hall–Kier alpha value is -2.28. The summed E-state index contributed by atoms with van der Waals surface area (Å²) in [6.07, 6.45) is -0.00271. The molecule has 1 atom stereocenters. The van der Waals surface area contributed by atoms with Crippen molar-refractivity contribution in [1.29, 1.82) is 0 Å². The standard InChI is InChI=1S/C21H35N5O2/c1-5-22-21(23-15-18(4)28-19-9-7-6-8-10-19)26-13-11-25(12-14-26)16-20(27)24-17(2)3/h6-10,17-18H,5,11-16H2,1-4H3,(H,22,23)(H,24,27). The van der Waals surface area contributed by atoms with Crippen LogP contribution < -0.4 is 15.4 Å². The number of rotatable bonds is 8. The number of amides is 1. The third kappa shape index (κ3) is 7.76. The first-order valence-electron chi connectivity index (χ1n) is 10.2. The maximum absolute atomic E-state index is 12.0. The monoisotopic (exact) mass is 389 g/mol. The summed E-state index contributed by atoms with van der Waals surface area (Å²) in [7, 11) is 0. The van der Waals surface area contributed by atoms with E-state index in [2.05, 4.69) is 27.4 Å². The third-order valence-electron chi connectivity index (χ3n) is 4.40. The SMILES string of the molecule is CCNC(=NCC(C)Oc1ccccc1)N1CCN(CC(=O)NC(C)C)CC1. The van der Waals surface area contributed by atoms with E-state index in [-0.39, 0.29) is 18.1 Å². The molecule has 1 aliphatic heterocycles. The number of ether oxygens (including phenoxy) is 1. The van der Waals surface area contributed by atoms with E-state index >= 15 is 0 Å². The second kappa shape index (κ2) is 11.5. The zero-order valence-electron chi connectivity index (χ0n) is 17.6. The topological polar surface area (TPSA) is 69.2 Å². The van der Waals surface area contributed by atoms with Crippen LogP contribution in [0.15, 0.2) is 35.3 Å². The van der Waals surface area contributed by atoms with Gasteiger partial charge in [-0.3, -0.25) is 9.69 Å². The smallest absolute Gasteiger partial charge is 0.234 e. The molecule has 2 N–H and O–H groups in total. The van der Waals surface area contributed by atoms with Crippen molar-refractivity contribution in [3.8, 4) is 5.75 Å². The number of piperazine rings is 1. The Balaban J connectivity index is 1.83. The van der Waals surface area contributed by atoms with E-state index in [1.165, 1.54) is 0 Å². The number of nitrogens with zero attached hydrogens (tertiary/aromatic N) is 3. The van der Waals surface area contributed by atoms with E-state index in [1.807, 2.05) is 51.1 Å². The number of carbonyl (C=O) groups excluding carboxylic acids is 1. The molecule has 1 aromatic carbocycles. The number of benzene rings is 1. The predicted octanol–water partition coefficient (Wildman–Crippen LogP) is 1.56. The van der Waals surface area contributed by atoms with Gasteiger partial charge in [-0.25, -0.2) is 4.99 Å². The van der Waals surface area contributed by atoms with Crippen molar-refractivity contribution in [3.05, 3.63) is 30.3 Å². The molecule has 1 aliphatic rings. The Kier molecular flexibility index (Phi) is 9.07. The van der Waals surface area contributed by atoms with E-state index < -0.39 is 0 Å². The molecule has 7 nitrogen and oxygen atoms in total. The van der Waals surface area contributed by atoms with Crippen LogP contribution in [0.5, 0.6) is 5.75 Å². The van der Waals surface area contributed by atoms with Gasteiger partial charge in [0.1, 0.15) is 11.9 Å². The highest BCUT2D eigenvalue weighted by molar-refractivity contribution is 5.80. The van der Waals surface area contributed by atoms with Gasteiger partial charge in [0.2, 0.25) is 5.91 Å². The zero-order chi connectivity index (χ0) is 20.4. The summed E-state index contributed by atoms with van der Waals surface area (Å²) in [6.45, 7) is 13.4. The summed E-state index contributed by atoms with van der Waals surface area (Å²) >= 11 is 0. The van der Waals surface area contributed by atoms with Crippen LogP contribution in [0.3, 0.4) is 0 Å². The highest BCUT2D eigenvalue weighted by Gasteiger charge is 2.21. The van der Waals surface area contributed by atoms with Crippen LogP contribution >= 0.6 is 0 Å². The highest BCUT2D eigenvalue weighted by Crippen LogP contribution is 2.11. The van der Waals surface area contributed by atoms with Gasteiger partial charge in [-0.15, -0.1) is 0 Å². The number of hydrogen-bond donors (Lipinski definition) is 2. The molecule has 1 saturated heterocycles.